The number of benzene rings is 1. The van der Waals surface area contributed by atoms with Gasteiger partial charge in [-0.05, 0) is 30.4 Å². The lowest BCUT2D eigenvalue weighted by molar-refractivity contribution is -0.128. The van der Waals surface area contributed by atoms with Crippen molar-refractivity contribution in [2.45, 2.75) is 52.6 Å². The highest BCUT2D eigenvalue weighted by atomic mass is 16.2. The normalized spacial score (nSPS) is 14.2. The van der Waals surface area contributed by atoms with E-state index in [0.29, 0.717) is 25.5 Å². The number of aromatic nitrogens is 3. The second-order valence-corrected chi connectivity index (χ2v) is 6.33. The average Bonchev–Trinajstić information content (AvgIpc) is 3.04. The number of nitrogens with zero attached hydrogens (tertiary/aromatic N) is 4. The van der Waals surface area contributed by atoms with E-state index >= 15 is 0 Å². The van der Waals surface area contributed by atoms with E-state index in [2.05, 4.69) is 52.5 Å². The van der Waals surface area contributed by atoms with E-state index < -0.39 is 0 Å². The summed E-state index contributed by atoms with van der Waals surface area (Å²) < 4.78 is 0. The van der Waals surface area contributed by atoms with Crippen molar-refractivity contribution in [1.82, 2.24) is 20.1 Å². The van der Waals surface area contributed by atoms with Gasteiger partial charge < -0.3 is 10.2 Å². The molecule has 0 atom stereocenters. The van der Waals surface area contributed by atoms with Crippen molar-refractivity contribution in [1.29, 1.82) is 0 Å². The van der Waals surface area contributed by atoms with Crippen LogP contribution in [0.5, 0.6) is 0 Å². The molecule has 0 aliphatic carbocycles. The average molecular weight is 339 g/mol. The lowest BCUT2D eigenvalue weighted by Gasteiger charge is -2.16. The van der Waals surface area contributed by atoms with Crippen molar-refractivity contribution in [3.05, 3.63) is 46.8 Å². The molecule has 1 saturated heterocycles. The van der Waals surface area contributed by atoms with Gasteiger partial charge in [-0.1, -0.05) is 38.1 Å². The van der Waals surface area contributed by atoms with Crippen LogP contribution in [0.1, 0.15) is 49.2 Å². The fourth-order valence-electron chi connectivity index (χ4n) is 3.12. The van der Waals surface area contributed by atoms with Crippen LogP contribution in [0.3, 0.4) is 0 Å². The van der Waals surface area contributed by atoms with Gasteiger partial charge in [-0.2, -0.15) is 5.10 Å². The number of hydrogen-bond donors (Lipinski definition) is 1. The zero-order chi connectivity index (χ0) is 17.6. The van der Waals surface area contributed by atoms with Crippen molar-refractivity contribution in [3.63, 3.8) is 0 Å². The molecule has 6 heteroatoms. The van der Waals surface area contributed by atoms with Crippen molar-refractivity contribution >= 4 is 11.9 Å². The van der Waals surface area contributed by atoms with Crippen molar-refractivity contribution in [2.75, 3.05) is 11.9 Å². The number of amides is 1. The van der Waals surface area contributed by atoms with Gasteiger partial charge in [0.1, 0.15) is 0 Å². The summed E-state index contributed by atoms with van der Waals surface area (Å²) in [4.78, 5) is 18.3. The van der Waals surface area contributed by atoms with E-state index in [9.17, 15) is 4.79 Å². The number of nitrogens with one attached hydrogen (secondary N) is 1. The molecule has 2 heterocycles. The number of rotatable bonds is 7. The minimum absolute atomic E-state index is 0.256. The number of anilines is 1. The quantitative estimate of drug-likeness (QED) is 0.840. The summed E-state index contributed by atoms with van der Waals surface area (Å²) in [6.45, 7) is 6.34. The number of aryl methyl sites for hydroxylation is 2. The Balaban J connectivity index is 1.63. The number of hydrogen-bond acceptors (Lipinski definition) is 5. The van der Waals surface area contributed by atoms with Gasteiger partial charge in [-0.15, -0.1) is 5.10 Å². The molecule has 1 aliphatic rings. The first-order valence-electron chi connectivity index (χ1n) is 9.01. The predicted molar refractivity (Wildman–Crippen MR) is 97.0 cm³/mol. The molecule has 0 unspecified atom stereocenters. The molecule has 6 nitrogen and oxygen atoms in total. The molecule has 132 valence electrons. The Hall–Kier alpha value is -2.50. The van der Waals surface area contributed by atoms with Crippen LogP contribution in [0.15, 0.2) is 24.3 Å². The summed E-state index contributed by atoms with van der Waals surface area (Å²) in [5, 5.41) is 11.7. The molecule has 0 saturated carbocycles. The lowest BCUT2D eigenvalue weighted by atomic mass is 10.1. The van der Waals surface area contributed by atoms with Gasteiger partial charge in [0.2, 0.25) is 11.9 Å². The zero-order valence-electron chi connectivity index (χ0n) is 15.0. The van der Waals surface area contributed by atoms with Gasteiger partial charge in [-0.3, -0.25) is 4.79 Å². The lowest BCUT2D eigenvalue weighted by Crippen LogP contribution is -2.23. The van der Waals surface area contributed by atoms with Crippen LogP contribution in [0.4, 0.5) is 5.95 Å². The Labute approximate surface area is 148 Å². The van der Waals surface area contributed by atoms with Gasteiger partial charge in [0.25, 0.3) is 0 Å². The highest BCUT2D eigenvalue weighted by Gasteiger charge is 2.19. The number of likely N-dealkylation sites (tertiary alicyclic amines) is 1. The molecule has 1 amide bonds. The monoisotopic (exact) mass is 339 g/mol. The van der Waals surface area contributed by atoms with Crippen LogP contribution in [0, 0.1) is 0 Å². The van der Waals surface area contributed by atoms with E-state index in [1.807, 2.05) is 11.0 Å². The SMILES string of the molecule is CCc1nnc(NCc2cccc(CN3CCCC3=O)c2)nc1CC. The Morgan fingerprint density at radius 2 is 1.92 bits per heavy atom. The van der Waals surface area contributed by atoms with Crippen molar-refractivity contribution in [2.24, 2.45) is 0 Å². The highest BCUT2D eigenvalue weighted by molar-refractivity contribution is 5.78. The van der Waals surface area contributed by atoms with Crippen LogP contribution < -0.4 is 5.32 Å². The third kappa shape index (κ3) is 4.32. The van der Waals surface area contributed by atoms with Crippen molar-refractivity contribution < 1.29 is 4.79 Å². The molecule has 1 aliphatic heterocycles. The third-order valence-electron chi connectivity index (χ3n) is 4.50. The number of carbonyl (C=O) groups excluding carboxylic acids is 1. The predicted octanol–water partition coefficient (Wildman–Crippen LogP) is 2.73. The van der Waals surface area contributed by atoms with Crippen LogP contribution in [-0.2, 0) is 30.7 Å². The molecule has 0 bridgehead atoms. The van der Waals surface area contributed by atoms with Crippen LogP contribution in [0.25, 0.3) is 0 Å². The fourth-order valence-corrected chi connectivity index (χ4v) is 3.12. The molecule has 2 aromatic rings. The molecule has 0 radical (unpaired) electrons. The summed E-state index contributed by atoms with van der Waals surface area (Å²) in [6.07, 6.45) is 3.35. The van der Waals surface area contributed by atoms with E-state index in [-0.39, 0.29) is 5.91 Å². The minimum Gasteiger partial charge on any atom is -0.349 e. The standard InChI is InChI=1S/C19H25N5O/c1-3-16-17(4-2)22-23-19(21-16)20-12-14-7-5-8-15(11-14)13-24-10-6-9-18(24)25/h5,7-8,11H,3-4,6,9-10,12-13H2,1-2H3,(H,20,21,23). The van der Waals surface area contributed by atoms with Gasteiger partial charge in [0, 0.05) is 26.1 Å². The van der Waals surface area contributed by atoms with Gasteiger partial charge >= 0.3 is 0 Å². The molecule has 1 aromatic heterocycles. The molecule has 3 rings (SSSR count). The highest BCUT2D eigenvalue weighted by Crippen LogP contribution is 2.16. The fraction of sp³-hybridized carbons (Fsp3) is 0.474. The second kappa shape index (κ2) is 8.05. The third-order valence-corrected chi connectivity index (χ3v) is 4.50. The topological polar surface area (TPSA) is 71.0 Å². The van der Waals surface area contributed by atoms with E-state index in [1.165, 1.54) is 0 Å². The molecular weight excluding hydrogens is 314 g/mol. The molecule has 1 N–H and O–H groups in total. The Kier molecular flexibility index (Phi) is 5.58. The summed E-state index contributed by atoms with van der Waals surface area (Å²) in [6, 6.07) is 8.30. The number of carbonyl (C=O) groups is 1. The first kappa shape index (κ1) is 17.3. The maximum absolute atomic E-state index is 11.8. The largest absolute Gasteiger partial charge is 0.349 e. The molecule has 1 fully saturated rings. The molecule has 0 spiro atoms. The van der Waals surface area contributed by atoms with Crippen molar-refractivity contribution in [3.8, 4) is 0 Å². The van der Waals surface area contributed by atoms with E-state index in [1.54, 1.807) is 0 Å². The van der Waals surface area contributed by atoms with Gasteiger partial charge in [-0.25, -0.2) is 4.98 Å². The zero-order valence-corrected chi connectivity index (χ0v) is 15.0. The Bertz CT molecular complexity index is 746. The van der Waals surface area contributed by atoms with E-state index in [4.69, 9.17) is 0 Å². The molecule has 25 heavy (non-hydrogen) atoms. The maximum atomic E-state index is 11.8. The summed E-state index contributed by atoms with van der Waals surface area (Å²) in [7, 11) is 0. The summed E-state index contributed by atoms with van der Waals surface area (Å²) in [5.41, 5.74) is 4.26. The minimum atomic E-state index is 0.256. The maximum Gasteiger partial charge on any atom is 0.243 e. The van der Waals surface area contributed by atoms with Crippen LogP contribution >= 0.6 is 0 Å². The first-order valence-corrected chi connectivity index (χ1v) is 9.01. The summed E-state index contributed by atoms with van der Waals surface area (Å²) in [5.74, 6) is 0.820. The van der Waals surface area contributed by atoms with Crippen LogP contribution in [0.2, 0.25) is 0 Å². The molecule has 1 aromatic carbocycles. The molecular formula is C19H25N5O. The Morgan fingerprint density at radius 3 is 2.64 bits per heavy atom. The summed E-state index contributed by atoms with van der Waals surface area (Å²) >= 11 is 0. The smallest absolute Gasteiger partial charge is 0.243 e. The van der Waals surface area contributed by atoms with Crippen LogP contribution in [-0.4, -0.2) is 32.5 Å². The second-order valence-electron chi connectivity index (χ2n) is 6.33. The van der Waals surface area contributed by atoms with E-state index in [0.717, 1.165) is 48.3 Å². The first-order chi connectivity index (χ1) is 12.2. The van der Waals surface area contributed by atoms with Gasteiger partial charge in [0.05, 0.1) is 11.4 Å². The Morgan fingerprint density at radius 1 is 1.12 bits per heavy atom. The van der Waals surface area contributed by atoms with Gasteiger partial charge in [0.15, 0.2) is 0 Å².